The molecule has 0 aromatic heterocycles. The molecular formula is C14H29N. The van der Waals surface area contributed by atoms with Crippen LogP contribution in [0.3, 0.4) is 0 Å². The van der Waals surface area contributed by atoms with Gasteiger partial charge in [-0.05, 0) is 49.0 Å². The van der Waals surface area contributed by atoms with E-state index in [2.05, 4.69) is 27.7 Å². The monoisotopic (exact) mass is 211 g/mol. The molecule has 1 saturated carbocycles. The predicted molar refractivity (Wildman–Crippen MR) is 67.7 cm³/mol. The van der Waals surface area contributed by atoms with E-state index in [0.717, 1.165) is 24.3 Å². The molecule has 0 radical (unpaired) electrons. The maximum Gasteiger partial charge on any atom is -0.00153 e. The van der Waals surface area contributed by atoms with E-state index in [9.17, 15) is 0 Å². The summed E-state index contributed by atoms with van der Waals surface area (Å²) in [4.78, 5) is 0. The minimum atomic E-state index is 0.438. The quantitative estimate of drug-likeness (QED) is 0.710. The second-order valence-corrected chi connectivity index (χ2v) is 5.59. The predicted octanol–water partition coefficient (Wildman–Crippen LogP) is 3.82. The van der Waals surface area contributed by atoms with E-state index in [1.54, 1.807) is 0 Å². The maximum atomic E-state index is 6.12. The lowest BCUT2D eigenvalue weighted by atomic mass is 9.56. The SMILES string of the molecule is CCC(C)C(C)C(CC)(CN)C1CCC1. The van der Waals surface area contributed by atoms with E-state index < -0.39 is 0 Å². The van der Waals surface area contributed by atoms with Crippen molar-refractivity contribution in [3.05, 3.63) is 0 Å². The first-order valence-electron chi connectivity index (χ1n) is 6.82. The van der Waals surface area contributed by atoms with Gasteiger partial charge in [-0.15, -0.1) is 0 Å². The molecule has 0 aliphatic heterocycles. The third-order valence-electron chi connectivity index (χ3n) is 5.36. The lowest BCUT2D eigenvalue weighted by Gasteiger charge is -2.50. The highest BCUT2D eigenvalue weighted by molar-refractivity contribution is 4.95. The van der Waals surface area contributed by atoms with Crippen molar-refractivity contribution in [2.24, 2.45) is 28.9 Å². The zero-order valence-electron chi connectivity index (χ0n) is 11.1. The minimum Gasteiger partial charge on any atom is -0.330 e. The molecule has 1 nitrogen and oxygen atoms in total. The molecule has 0 spiro atoms. The molecule has 90 valence electrons. The fourth-order valence-corrected chi connectivity index (χ4v) is 3.38. The van der Waals surface area contributed by atoms with Crippen molar-refractivity contribution in [3.8, 4) is 0 Å². The summed E-state index contributed by atoms with van der Waals surface area (Å²) in [6.07, 6.45) is 6.83. The highest BCUT2D eigenvalue weighted by atomic mass is 14.6. The van der Waals surface area contributed by atoms with Crippen LogP contribution in [0.2, 0.25) is 0 Å². The van der Waals surface area contributed by atoms with Crippen molar-refractivity contribution in [1.29, 1.82) is 0 Å². The van der Waals surface area contributed by atoms with Crippen LogP contribution in [0.15, 0.2) is 0 Å². The van der Waals surface area contributed by atoms with E-state index in [1.165, 1.54) is 32.1 Å². The molecule has 1 heteroatoms. The molecule has 0 aromatic carbocycles. The van der Waals surface area contributed by atoms with Crippen LogP contribution in [0.25, 0.3) is 0 Å². The van der Waals surface area contributed by atoms with Gasteiger partial charge in [-0.2, -0.15) is 0 Å². The largest absolute Gasteiger partial charge is 0.330 e. The Labute approximate surface area is 95.8 Å². The molecular weight excluding hydrogens is 182 g/mol. The Morgan fingerprint density at radius 2 is 1.87 bits per heavy atom. The molecule has 0 amide bonds. The molecule has 1 aliphatic carbocycles. The standard InChI is InChI=1S/C14H29N/c1-5-11(3)12(4)14(6-2,10-15)13-8-7-9-13/h11-13H,5-10,15H2,1-4H3. The van der Waals surface area contributed by atoms with Crippen molar-refractivity contribution in [3.63, 3.8) is 0 Å². The average Bonchev–Trinajstić information content (AvgIpc) is 2.21. The van der Waals surface area contributed by atoms with E-state index in [4.69, 9.17) is 5.73 Å². The lowest BCUT2D eigenvalue weighted by molar-refractivity contribution is 0.00485. The molecule has 1 fully saturated rings. The van der Waals surface area contributed by atoms with Gasteiger partial charge in [-0.25, -0.2) is 0 Å². The van der Waals surface area contributed by atoms with Crippen molar-refractivity contribution in [2.75, 3.05) is 6.54 Å². The Balaban J connectivity index is 2.78. The average molecular weight is 211 g/mol. The van der Waals surface area contributed by atoms with Crippen LogP contribution in [0.5, 0.6) is 0 Å². The van der Waals surface area contributed by atoms with Crippen LogP contribution in [0, 0.1) is 23.2 Å². The topological polar surface area (TPSA) is 26.0 Å². The lowest BCUT2D eigenvalue weighted by Crippen LogP contribution is -2.47. The summed E-state index contributed by atoms with van der Waals surface area (Å²) in [5.41, 5.74) is 6.56. The third kappa shape index (κ3) is 2.22. The van der Waals surface area contributed by atoms with Crippen molar-refractivity contribution >= 4 is 0 Å². The summed E-state index contributed by atoms with van der Waals surface area (Å²) in [6.45, 7) is 10.4. The molecule has 2 N–H and O–H groups in total. The Morgan fingerprint density at radius 1 is 1.27 bits per heavy atom. The molecule has 0 bridgehead atoms. The van der Waals surface area contributed by atoms with Gasteiger partial charge in [0, 0.05) is 0 Å². The van der Waals surface area contributed by atoms with Gasteiger partial charge in [0.05, 0.1) is 0 Å². The highest BCUT2D eigenvalue weighted by Gasteiger charge is 2.44. The summed E-state index contributed by atoms with van der Waals surface area (Å²) < 4.78 is 0. The number of nitrogens with two attached hydrogens (primary N) is 1. The van der Waals surface area contributed by atoms with Gasteiger partial charge >= 0.3 is 0 Å². The first kappa shape index (κ1) is 13.0. The van der Waals surface area contributed by atoms with E-state index >= 15 is 0 Å². The molecule has 0 saturated heterocycles. The molecule has 1 rings (SSSR count). The Hall–Kier alpha value is -0.0400. The Kier molecular flexibility index (Phi) is 4.64. The number of hydrogen-bond acceptors (Lipinski definition) is 1. The molecule has 15 heavy (non-hydrogen) atoms. The van der Waals surface area contributed by atoms with E-state index in [0.29, 0.717) is 5.41 Å². The Bertz CT molecular complexity index is 180. The second-order valence-electron chi connectivity index (χ2n) is 5.59. The zero-order valence-corrected chi connectivity index (χ0v) is 11.1. The first-order chi connectivity index (χ1) is 7.12. The highest BCUT2D eigenvalue weighted by Crippen LogP contribution is 2.50. The molecule has 3 unspecified atom stereocenters. The van der Waals surface area contributed by atoms with Crippen LogP contribution in [-0.2, 0) is 0 Å². The minimum absolute atomic E-state index is 0.438. The van der Waals surface area contributed by atoms with Gasteiger partial charge in [0.15, 0.2) is 0 Å². The molecule has 0 heterocycles. The summed E-state index contributed by atoms with van der Waals surface area (Å²) in [5.74, 6) is 2.51. The summed E-state index contributed by atoms with van der Waals surface area (Å²) in [5, 5.41) is 0. The zero-order chi connectivity index (χ0) is 11.5. The van der Waals surface area contributed by atoms with Gasteiger partial charge in [-0.1, -0.05) is 40.5 Å². The fourth-order valence-electron chi connectivity index (χ4n) is 3.38. The smallest absolute Gasteiger partial charge is 0.00153 e. The second kappa shape index (κ2) is 5.34. The van der Waals surface area contributed by atoms with Crippen LogP contribution in [0.1, 0.15) is 59.8 Å². The molecule has 0 aromatic rings. The van der Waals surface area contributed by atoms with Crippen LogP contribution in [-0.4, -0.2) is 6.54 Å². The van der Waals surface area contributed by atoms with E-state index in [-0.39, 0.29) is 0 Å². The number of hydrogen-bond donors (Lipinski definition) is 1. The molecule has 3 atom stereocenters. The van der Waals surface area contributed by atoms with Crippen LogP contribution in [0.4, 0.5) is 0 Å². The van der Waals surface area contributed by atoms with Gasteiger partial charge in [-0.3, -0.25) is 0 Å². The summed E-state index contributed by atoms with van der Waals surface area (Å²) in [7, 11) is 0. The molecule has 1 aliphatic rings. The normalized spacial score (nSPS) is 25.4. The summed E-state index contributed by atoms with van der Waals surface area (Å²) in [6, 6.07) is 0. The summed E-state index contributed by atoms with van der Waals surface area (Å²) >= 11 is 0. The van der Waals surface area contributed by atoms with Gasteiger partial charge in [0.2, 0.25) is 0 Å². The number of rotatable bonds is 6. The third-order valence-corrected chi connectivity index (χ3v) is 5.36. The fraction of sp³-hybridized carbons (Fsp3) is 1.00. The van der Waals surface area contributed by atoms with Gasteiger partial charge in [0.25, 0.3) is 0 Å². The van der Waals surface area contributed by atoms with E-state index in [1.807, 2.05) is 0 Å². The first-order valence-corrected chi connectivity index (χ1v) is 6.82. The Morgan fingerprint density at radius 3 is 2.13 bits per heavy atom. The van der Waals surface area contributed by atoms with Gasteiger partial charge < -0.3 is 5.73 Å². The van der Waals surface area contributed by atoms with Crippen molar-refractivity contribution in [1.82, 2.24) is 0 Å². The van der Waals surface area contributed by atoms with Gasteiger partial charge in [0.1, 0.15) is 0 Å². The van der Waals surface area contributed by atoms with Crippen LogP contribution < -0.4 is 5.73 Å². The van der Waals surface area contributed by atoms with Crippen LogP contribution >= 0.6 is 0 Å². The van der Waals surface area contributed by atoms with Crippen molar-refractivity contribution in [2.45, 2.75) is 59.8 Å². The maximum absolute atomic E-state index is 6.12. The van der Waals surface area contributed by atoms with Crippen molar-refractivity contribution < 1.29 is 0 Å².